The second-order valence-corrected chi connectivity index (χ2v) is 18.0. The van der Waals surface area contributed by atoms with E-state index in [1.54, 1.807) is 0 Å². The summed E-state index contributed by atoms with van der Waals surface area (Å²) >= 11 is 0. The summed E-state index contributed by atoms with van der Waals surface area (Å²) in [6.07, 6.45) is -8.86. The van der Waals surface area contributed by atoms with Gasteiger partial charge in [-0.05, 0) is 38.9 Å². The maximum absolute atomic E-state index is 12.5. The molecule has 7 aromatic carbocycles. The van der Waals surface area contributed by atoms with Crippen LogP contribution < -0.4 is 0 Å². The van der Waals surface area contributed by atoms with Crippen LogP contribution in [0, 0.1) is 0 Å². The zero-order chi connectivity index (χ0) is 49.0. The SMILES string of the molecule is O[C@@H]1[C@H](OC[C@H]2O[C@@H](OCc3ccccc3)[C@H](OCc3ccccc3)[C@@H](OCc3ccccc3)[C@@H]2OCc2ccccc2)O[C@H](COCc2ccccc2)[C@@H](OCc2ccccc2)[C@@H]1OCc1ccccc1. The minimum atomic E-state index is -1.30. The van der Waals surface area contributed by atoms with Gasteiger partial charge in [0.2, 0.25) is 0 Å². The number of hydrogen-bond donors (Lipinski definition) is 1. The van der Waals surface area contributed by atoms with E-state index in [1.807, 2.05) is 212 Å². The molecule has 9 rings (SSSR count). The van der Waals surface area contributed by atoms with Crippen LogP contribution in [0.25, 0.3) is 0 Å². The number of hydrogen-bond acceptors (Lipinski definition) is 11. The molecule has 11 nitrogen and oxygen atoms in total. The van der Waals surface area contributed by atoms with E-state index in [9.17, 15) is 5.11 Å². The first-order chi connectivity index (χ1) is 35.6. The molecule has 2 aliphatic rings. The van der Waals surface area contributed by atoms with Gasteiger partial charge in [0.15, 0.2) is 12.6 Å². The first-order valence-electron chi connectivity index (χ1n) is 24.8. The van der Waals surface area contributed by atoms with E-state index < -0.39 is 61.4 Å². The molecule has 72 heavy (non-hydrogen) atoms. The molecule has 2 aliphatic heterocycles. The maximum Gasteiger partial charge on any atom is 0.187 e. The Bertz CT molecular complexity index is 2550. The van der Waals surface area contributed by atoms with E-state index in [1.165, 1.54) is 0 Å². The van der Waals surface area contributed by atoms with Gasteiger partial charge in [-0.25, -0.2) is 0 Å². The lowest BCUT2D eigenvalue weighted by atomic mass is 9.97. The van der Waals surface area contributed by atoms with Gasteiger partial charge in [-0.1, -0.05) is 212 Å². The molecule has 11 heteroatoms. The van der Waals surface area contributed by atoms with Crippen LogP contribution >= 0.6 is 0 Å². The highest BCUT2D eigenvalue weighted by molar-refractivity contribution is 5.19. The quantitative estimate of drug-likeness (QED) is 0.0591. The van der Waals surface area contributed by atoms with E-state index in [0.717, 1.165) is 38.9 Å². The summed E-state index contributed by atoms with van der Waals surface area (Å²) in [6, 6.07) is 69.6. The monoisotopic (exact) mass is 972 g/mol. The number of aliphatic hydroxyl groups excluding tert-OH is 1. The third kappa shape index (κ3) is 14.8. The molecule has 0 unspecified atom stereocenters. The number of ether oxygens (including phenoxy) is 10. The minimum Gasteiger partial charge on any atom is -0.385 e. The third-order valence-corrected chi connectivity index (χ3v) is 12.7. The summed E-state index contributed by atoms with van der Waals surface area (Å²) in [6.45, 7) is 1.86. The molecule has 0 radical (unpaired) electrons. The van der Waals surface area contributed by atoms with Gasteiger partial charge in [-0.15, -0.1) is 0 Å². The minimum absolute atomic E-state index is 0.0957. The van der Waals surface area contributed by atoms with Crippen LogP contribution in [0.5, 0.6) is 0 Å². The van der Waals surface area contributed by atoms with Crippen molar-refractivity contribution in [3.05, 3.63) is 251 Å². The fourth-order valence-electron chi connectivity index (χ4n) is 8.92. The molecule has 0 amide bonds. The standard InChI is InChI=1S/C61H64O11/c62-54-57(66-39-48-28-14-4-15-29-48)55(64-37-46-24-10-2-11-25-46)52(43-63-36-45-22-8-1-9-23-45)71-60(54)70-44-53-56(65-38-47-26-12-3-13-27-47)58(67-40-49-30-16-5-17-31-49)59(68-41-50-32-18-6-19-33-50)61(72-53)69-42-51-34-20-7-21-35-51/h1-35,52-62H,36-44H2/t52-,53-,54+,55-,56-,57-,58+,59-,60-,61-/m1/s1. The topological polar surface area (TPSA) is 113 Å². The van der Waals surface area contributed by atoms with Gasteiger partial charge in [0, 0.05) is 0 Å². The number of aliphatic hydroxyl groups is 1. The van der Waals surface area contributed by atoms with Gasteiger partial charge in [0.1, 0.15) is 48.8 Å². The van der Waals surface area contributed by atoms with Crippen molar-refractivity contribution in [1.82, 2.24) is 0 Å². The Kier molecular flexibility index (Phi) is 19.3. The molecule has 0 aliphatic carbocycles. The molecule has 2 saturated heterocycles. The van der Waals surface area contributed by atoms with Crippen LogP contribution in [-0.2, 0) is 93.6 Å². The van der Waals surface area contributed by atoms with Crippen LogP contribution in [0.15, 0.2) is 212 Å². The predicted octanol–water partition coefficient (Wildman–Crippen LogP) is 10.2. The lowest BCUT2D eigenvalue weighted by Gasteiger charge is -2.47. The second-order valence-electron chi connectivity index (χ2n) is 18.0. The number of rotatable bonds is 25. The van der Waals surface area contributed by atoms with Crippen molar-refractivity contribution in [3.8, 4) is 0 Å². The Balaban J connectivity index is 1.02. The molecule has 374 valence electrons. The molecule has 2 heterocycles. The van der Waals surface area contributed by atoms with E-state index in [2.05, 4.69) is 0 Å². The average Bonchev–Trinajstić information content (AvgIpc) is 3.44. The highest BCUT2D eigenvalue weighted by atomic mass is 16.7. The molecule has 0 saturated carbocycles. The molecule has 0 bridgehead atoms. The third-order valence-electron chi connectivity index (χ3n) is 12.7. The Labute approximate surface area is 423 Å². The normalized spacial score (nSPS) is 24.2. The Hall–Kier alpha value is -5.90. The molecule has 0 aromatic heterocycles. The second kappa shape index (κ2) is 27.2. The lowest BCUT2D eigenvalue weighted by Crippen LogP contribution is -2.63. The zero-order valence-electron chi connectivity index (χ0n) is 40.4. The van der Waals surface area contributed by atoms with Gasteiger partial charge in [-0.2, -0.15) is 0 Å². The highest BCUT2D eigenvalue weighted by Crippen LogP contribution is 2.34. The van der Waals surface area contributed by atoms with Gasteiger partial charge in [0.05, 0.1) is 59.5 Å². The molecule has 1 N–H and O–H groups in total. The first-order valence-corrected chi connectivity index (χ1v) is 24.8. The van der Waals surface area contributed by atoms with Crippen LogP contribution in [0.1, 0.15) is 38.9 Å². The molecule has 0 spiro atoms. The fourth-order valence-corrected chi connectivity index (χ4v) is 8.92. The Morgan fingerprint density at radius 2 is 0.569 bits per heavy atom. The van der Waals surface area contributed by atoms with Gasteiger partial charge < -0.3 is 52.5 Å². The summed E-state index contributed by atoms with van der Waals surface area (Å²) in [5, 5.41) is 12.5. The van der Waals surface area contributed by atoms with Crippen molar-refractivity contribution >= 4 is 0 Å². The van der Waals surface area contributed by atoms with Crippen LogP contribution in [-0.4, -0.2) is 79.7 Å². The van der Waals surface area contributed by atoms with Crippen molar-refractivity contribution in [2.24, 2.45) is 0 Å². The Morgan fingerprint density at radius 1 is 0.278 bits per heavy atom. The van der Waals surface area contributed by atoms with Crippen LogP contribution in [0.2, 0.25) is 0 Å². The molecular formula is C61H64O11. The summed E-state index contributed by atoms with van der Waals surface area (Å²) < 4.78 is 67.7. The Morgan fingerprint density at radius 3 is 0.972 bits per heavy atom. The highest BCUT2D eigenvalue weighted by Gasteiger charge is 2.51. The van der Waals surface area contributed by atoms with Gasteiger partial charge in [0.25, 0.3) is 0 Å². The van der Waals surface area contributed by atoms with Crippen molar-refractivity contribution < 1.29 is 52.5 Å². The summed E-state index contributed by atoms with van der Waals surface area (Å²) in [7, 11) is 0. The van der Waals surface area contributed by atoms with E-state index in [-0.39, 0.29) is 52.9 Å². The zero-order valence-corrected chi connectivity index (χ0v) is 40.4. The largest absolute Gasteiger partial charge is 0.385 e. The number of benzene rings is 7. The van der Waals surface area contributed by atoms with Crippen molar-refractivity contribution in [3.63, 3.8) is 0 Å². The average molecular weight is 973 g/mol. The summed E-state index contributed by atoms with van der Waals surface area (Å²) in [5.74, 6) is 0. The lowest BCUT2D eigenvalue weighted by molar-refractivity contribution is -0.350. The summed E-state index contributed by atoms with van der Waals surface area (Å²) in [5.41, 5.74) is 6.80. The fraction of sp³-hybridized carbons (Fsp3) is 0.311. The van der Waals surface area contributed by atoms with Gasteiger partial charge >= 0.3 is 0 Å². The van der Waals surface area contributed by atoms with Crippen molar-refractivity contribution in [2.45, 2.75) is 108 Å². The van der Waals surface area contributed by atoms with Crippen molar-refractivity contribution in [2.75, 3.05) is 13.2 Å². The first kappa shape index (κ1) is 51.0. The predicted molar refractivity (Wildman–Crippen MR) is 272 cm³/mol. The molecular weight excluding hydrogens is 909 g/mol. The van der Waals surface area contributed by atoms with E-state index in [0.29, 0.717) is 6.61 Å². The van der Waals surface area contributed by atoms with Gasteiger partial charge in [-0.3, -0.25) is 0 Å². The van der Waals surface area contributed by atoms with Crippen molar-refractivity contribution in [1.29, 1.82) is 0 Å². The maximum atomic E-state index is 12.5. The molecule has 7 aromatic rings. The van der Waals surface area contributed by atoms with E-state index in [4.69, 9.17) is 47.4 Å². The van der Waals surface area contributed by atoms with E-state index >= 15 is 0 Å². The molecule has 2 fully saturated rings. The van der Waals surface area contributed by atoms with Crippen LogP contribution in [0.4, 0.5) is 0 Å². The summed E-state index contributed by atoms with van der Waals surface area (Å²) in [4.78, 5) is 0. The molecule has 10 atom stereocenters. The smallest absolute Gasteiger partial charge is 0.187 e. The van der Waals surface area contributed by atoms with Crippen LogP contribution in [0.3, 0.4) is 0 Å².